The lowest BCUT2D eigenvalue weighted by Crippen LogP contribution is -2.48. The highest BCUT2D eigenvalue weighted by molar-refractivity contribution is 7.94. The van der Waals surface area contributed by atoms with Crippen molar-refractivity contribution in [2.75, 3.05) is 32.4 Å². The van der Waals surface area contributed by atoms with Gasteiger partial charge in [-0.2, -0.15) is 0 Å². The molecule has 1 aliphatic rings. The molecule has 0 amide bonds. The summed E-state index contributed by atoms with van der Waals surface area (Å²) >= 11 is 1.72. The molecule has 3 rings (SSSR count). The normalized spacial score (nSPS) is 18.3. The predicted molar refractivity (Wildman–Crippen MR) is 122 cm³/mol. The molecule has 0 bridgehead atoms. The van der Waals surface area contributed by atoms with E-state index in [0.29, 0.717) is 5.96 Å². The van der Waals surface area contributed by atoms with Gasteiger partial charge in [0.05, 0.1) is 20.1 Å². The third-order valence-electron chi connectivity index (χ3n) is 5.23. The van der Waals surface area contributed by atoms with E-state index in [1.54, 1.807) is 11.3 Å². The molecule has 1 saturated heterocycles. The van der Waals surface area contributed by atoms with E-state index < -0.39 is 9.84 Å². The average molecular weight is 434 g/mol. The first-order valence-electron chi connectivity index (χ1n) is 9.46. The number of aryl methyl sites for hydroxylation is 1. The predicted octanol–water partition coefficient (Wildman–Crippen LogP) is 3.25. The van der Waals surface area contributed by atoms with E-state index in [4.69, 9.17) is 0 Å². The summed E-state index contributed by atoms with van der Waals surface area (Å²) in [5.41, 5.74) is 2.33. The Kier molecular flexibility index (Phi) is 6.50. The van der Waals surface area contributed by atoms with Gasteiger partial charge in [-0.15, -0.1) is 11.3 Å². The lowest BCUT2D eigenvalue weighted by molar-refractivity contribution is 0.140. The minimum absolute atomic E-state index is 0.207. The van der Waals surface area contributed by atoms with Crippen molar-refractivity contribution in [2.24, 2.45) is 9.98 Å². The molecule has 0 aliphatic carbocycles. The Hall–Kier alpha value is -2.10. The molecule has 156 valence electrons. The topological polar surface area (TPSA) is 78.2 Å². The number of allylic oxidation sites excluding steroid dienone is 1. The molecule has 0 saturated carbocycles. The monoisotopic (exact) mass is 433 g/mol. The van der Waals surface area contributed by atoms with Gasteiger partial charge >= 0.3 is 0 Å². The van der Waals surface area contributed by atoms with Gasteiger partial charge in [0, 0.05) is 44.7 Å². The van der Waals surface area contributed by atoms with Gasteiger partial charge in [-0.05, 0) is 45.2 Å². The number of hydrogen-bond acceptors (Lipinski definition) is 6. The standard InChI is InChI=1S/C20H27N5O2S2/c1-14(29(5,26)27)13-22-20(21-4)25-10-8-24(9-11-25)15(2)17-6-7-19-18(12-17)23-16(3)28-19/h6-7,12-13,15H,4,8-11H2,1-3,5H3/b14-13+,22-20?. The van der Waals surface area contributed by atoms with Crippen molar-refractivity contribution >= 4 is 44.1 Å². The van der Waals surface area contributed by atoms with E-state index in [1.807, 2.05) is 11.8 Å². The van der Waals surface area contributed by atoms with Crippen LogP contribution in [0.2, 0.25) is 0 Å². The van der Waals surface area contributed by atoms with Crippen LogP contribution < -0.4 is 0 Å². The molecule has 9 heteroatoms. The van der Waals surface area contributed by atoms with Crippen LogP contribution in [0.1, 0.15) is 30.5 Å². The zero-order valence-electron chi connectivity index (χ0n) is 17.3. The number of guanidine groups is 1. The smallest absolute Gasteiger partial charge is 0.224 e. The zero-order chi connectivity index (χ0) is 21.2. The molecule has 0 radical (unpaired) electrons. The summed E-state index contributed by atoms with van der Waals surface area (Å²) < 4.78 is 24.3. The fourth-order valence-electron chi connectivity index (χ4n) is 3.31. The molecule has 1 aromatic carbocycles. The molecule has 2 heterocycles. The van der Waals surface area contributed by atoms with Gasteiger partial charge in [-0.3, -0.25) is 4.90 Å². The molecule has 7 nitrogen and oxygen atoms in total. The van der Waals surface area contributed by atoms with Crippen LogP contribution in [0.4, 0.5) is 0 Å². The van der Waals surface area contributed by atoms with Crippen molar-refractivity contribution in [1.82, 2.24) is 14.8 Å². The van der Waals surface area contributed by atoms with Gasteiger partial charge in [0.1, 0.15) is 0 Å². The number of rotatable bonds is 4. The number of benzene rings is 1. The van der Waals surface area contributed by atoms with Gasteiger partial charge in [0.2, 0.25) is 5.96 Å². The van der Waals surface area contributed by atoms with Gasteiger partial charge in [-0.25, -0.2) is 23.4 Å². The number of aliphatic imine (C=N–C) groups is 2. The van der Waals surface area contributed by atoms with Gasteiger partial charge in [0.15, 0.2) is 9.84 Å². The van der Waals surface area contributed by atoms with Crippen LogP contribution in [0.3, 0.4) is 0 Å². The Labute approximate surface area is 176 Å². The summed E-state index contributed by atoms with van der Waals surface area (Å²) in [7, 11) is -3.24. The first-order chi connectivity index (χ1) is 13.7. The van der Waals surface area contributed by atoms with Crippen LogP contribution >= 0.6 is 11.3 Å². The van der Waals surface area contributed by atoms with Crippen LogP contribution in [0, 0.1) is 6.92 Å². The summed E-state index contributed by atoms with van der Waals surface area (Å²) in [6.45, 7) is 12.6. The van der Waals surface area contributed by atoms with Gasteiger partial charge in [-0.1, -0.05) is 6.07 Å². The minimum atomic E-state index is -3.24. The molecule has 0 spiro atoms. The number of piperazine rings is 1. The largest absolute Gasteiger partial charge is 0.338 e. The highest BCUT2D eigenvalue weighted by Gasteiger charge is 2.24. The fourth-order valence-corrected chi connectivity index (χ4v) is 4.36. The number of nitrogens with zero attached hydrogens (tertiary/aromatic N) is 5. The highest BCUT2D eigenvalue weighted by Crippen LogP contribution is 2.28. The number of sulfone groups is 1. The van der Waals surface area contributed by atoms with Crippen LogP contribution in [0.15, 0.2) is 39.3 Å². The van der Waals surface area contributed by atoms with Crippen molar-refractivity contribution in [3.8, 4) is 0 Å². The molecule has 1 aromatic heterocycles. The third kappa shape index (κ3) is 5.09. The highest BCUT2D eigenvalue weighted by atomic mass is 32.2. The van der Waals surface area contributed by atoms with Gasteiger partial charge in [0.25, 0.3) is 0 Å². The Morgan fingerprint density at radius 3 is 2.62 bits per heavy atom. The Balaban J connectivity index is 1.67. The summed E-state index contributed by atoms with van der Waals surface area (Å²) in [4.78, 5) is 17.5. The maximum Gasteiger partial charge on any atom is 0.224 e. The maximum absolute atomic E-state index is 11.5. The number of thiazole rings is 1. The van der Waals surface area contributed by atoms with E-state index in [0.717, 1.165) is 36.7 Å². The molecular weight excluding hydrogens is 406 g/mol. The zero-order valence-corrected chi connectivity index (χ0v) is 18.9. The van der Waals surface area contributed by atoms with E-state index in [1.165, 1.54) is 29.6 Å². The molecule has 1 fully saturated rings. The minimum Gasteiger partial charge on any atom is -0.338 e. The van der Waals surface area contributed by atoms with E-state index in [2.05, 4.69) is 51.7 Å². The van der Waals surface area contributed by atoms with Gasteiger partial charge < -0.3 is 4.90 Å². The second-order valence-electron chi connectivity index (χ2n) is 7.26. The summed E-state index contributed by atoms with van der Waals surface area (Å²) in [6.07, 6.45) is 2.51. The van der Waals surface area contributed by atoms with Crippen LogP contribution in [0.5, 0.6) is 0 Å². The lowest BCUT2D eigenvalue weighted by atomic mass is 10.1. The van der Waals surface area contributed by atoms with Crippen molar-refractivity contribution in [3.63, 3.8) is 0 Å². The first-order valence-corrected chi connectivity index (χ1v) is 12.2. The average Bonchev–Trinajstić information content (AvgIpc) is 3.06. The quantitative estimate of drug-likeness (QED) is 0.546. The molecular formula is C20H27N5O2S2. The summed E-state index contributed by atoms with van der Waals surface area (Å²) in [5, 5.41) is 1.09. The maximum atomic E-state index is 11.5. The van der Waals surface area contributed by atoms with Crippen molar-refractivity contribution in [1.29, 1.82) is 0 Å². The Morgan fingerprint density at radius 2 is 2.00 bits per heavy atom. The molecule has 1 atom stereocenters. The fraction of sp³-hybridized carbons (Fsp3) is 0.450. The lowest BCUT2D eigenvalue weighted by Gasteiger charge is -2.38. The number of fused-ring (bicyclic) bond motifs is 1. The van der Waals surface area contributed by atoms with E-state index in [-0.39, 0.29) is 10.9 Å². The molecule has 1 unspecified atom stereocenters. The van der Waals surface area contributed by atoms with E-state index in [9.17, 15) is 8.42 Å². The van der Waals surface area contributed by atoms with Crippen LogP contribution in [0.25, 0.3) is 10.2 Å². The molecule has 0 N–H and O–H groups in total. The van der Waals surface area contributed by atoms with Crippen LogP contribution in [-0.2, 0) is 9.84 Å². The second kappa shape index (κ2) is 8.73. The van der Waals surface area contributed by atoms with Crippen molar-refractivity contribution < 1.29 is 8.42 Å². The van der Waals surface area contributed by atoms with Crippen LogP contribution in [-0.4, -0.2) is 68.3 Å². The molecule has 29 heavy (non-hydrogen) atoms. The molecule has 2 aromatic rings. The summed E-state index contributed by atoms with van der Waals surface area (Å²) in [5.74, 6) is 0.458. The Bertz CT molecular complexity index is 1060. The van der Waals surface area contributed by atoms with E-state index >= 15 is 0 Å². The van der Waals surface area contributed by atoms with Crippen molar-refractivity contribution in [3.05, 3.63) is 39.9 Å². The Morgan fingerprint density at radius 1 is 1.31 bits per heavy atom. The SMILES string of the molecule is C=NC(=N/C=C(\C)S(C)(=O)=O)N1CCN(C(C)c2ccc3sc(C)nc3c2)CC1. The number of aromatic nitrogens is 1. The molecule has 1 aliphatic heterocycles. The van der Waals surface area contributed by atoms with Crippen molar-refractivity contribution in [2.45, 2.75) is 26.8 Å². The summed E-state index contributed by atoms with van der Waals surface area (Å²) in [6, 6.07) is 6.82. The third-order valence-corrected chi connectivity index (χ3v) is 7.46. The first kappa shape index (κ1) is 21.6. The second-order valence-corrected chi connectivity index (χ2v) is 10.7. The number of hydrogen-bond donors (Lipinski definition) is 0.